The third kappa shape index (κ3) is 4.93. The molecule has 1 aromatic rings. The third-order valence-electron chi connectivity index (χ3n) is 3.70. The Kier molecular flexibility index (Phi) is 8.38. The average molecular weight is 312 g/mol. The van der Waals surface area contributed by atoms with Crippen LogP contribution in [0.5, 0.6) is 5.75 Å². The summed E-state index contributed by atoms with van der Waals surface area (Å²) in [6.45, 7) is 9.43. The topological polar surface area (TPSA) is 47.7 Å². The molecule has 0 bridgehead atoms. The maximum atomic E-state index is 13.1. The van der Waals surface area contributed by atoms with E-state index in [0.717, 1.165) is 31.7 Å². The molecule has 3 rings (SSSR count). The third-order valence-corrected chi connectivity index (χ3v) is 3.70. The second-order valence-electron chi connectivity index (χ2n) is 5.10. The zero-order valence-electron chi connectivity index (χ0n) is 14.1. The molecule has 0 spiro atoms. The summed E-state index contributed by atoms with van der Waals surface area (Å²) in [6, 6.07) is 5.20. The highest BCUT2D eigenvalue weighted by Gasteiger charge is 2.28. The highest BCUT2D eigenvalue weighted by Crippen LogP contribution is 2.27. The molecule has 126 valence electrons. The number of benzene rings is 1. The number of halogens is 1. The van der Waals surface area contributed by atoms with Gasteiger partial charge >= 0.3 is 0 Å². The van der Waals surface area contributed by atoms with Gasteiger partial charge in [-0.15, -0.1) is 0 Å². The van der Waals surface area contributed by atoms with Crippen LogP contribution in [-0.4, -0.2) is 50.4 Å². The number of hydrogen-bond donors (Lipinski definition) is 1. The molecule has 0 amide bonds. The van der Waals surface area contributed by atoms with Crippen LogP contribution in [0.4, 0.5) is 4.39 Å². The maximum absolute atomic E-state index is 13.1. The lowest BCUT2D eigenvalue weighted by Crippen LogP contribution is -2.50. The molecule has 0 radical (unpaired) electrons. The van der Waals surface area contributed by atoms with Gasteiger partial charge in [0, 0.05) is 25.2 Å². The summed E-state index contributed by atoms with van der Waals surface area (Å²) < 4.78 is 24.3. The fourth-order valence-corrected chi connectivity index (χ4v) is 2.74. The normalized spacial score (nSPS) is 23.9. The molecule has 0 aromatic heterocycles. The molecule has 0 saturated carbocycles. The van der Waals surface area contributed by atoms with E-state index in [2.05, 4.69) is 17.6 Å². The number of morpholine rings is 1. The van der Waals surface area contributed by atoms with Gasteiger partial charge in [0.2, 0.25) is 0 Å². The zero-order valence-corrected chi connectivity index (χ0v) is 14.1. The Morgan fingerprint density at radius 1 is 1.27 bits per heavy atom. The van der Waals surface area contributed by atoms with Crippen LogP contribution in [0.1, 0.15) is 26.3 Å². The lowest BCUT2D eigenvalue weighted by molar-refractivity contribution is -0.0425. The van der Waals surface area contributed by atoms with Gasteiger partial charge in [0.25, 0.3) is 0 Å². The van der Waals surface area contributed by atoms with Crippen molar-refractivity contribution < 1.29 is 13.9 Å². The van der Waals surface area contributed by atoms with E-state index in [9.17, 15) is 4.39 Å². The number of hydrogen-bond acceptors (Lipinski definition) is 4. The number of ether oxygens (including phenoxy) is 2. The van der Waals surface area contributed by atoms with Gasteiger partial charge in [-0.2, -0.15) is 0 Å². The summed E-state index contributed by atoms with van der Waals surface area (Å²) in [4.78, 5) is 2.42. The van der Waals surface area contributed by atoms with Crippen molar-refractivity contribution in [3.8, 4) is 5.75 Å². The molecule has 2 N–H and O–H groups in total. The molecule has 1 aromatic carbocycles. The monoisotopic (exact) mass is 312 g/mol. The minimum Gasteiger partial charge on any atom is -0.492 e. The number of nitrogens with two attached hydrogens (primary N) is 1. The lowest BCUT2D eigenvalue weighted by atomic mass is 10.0. The first-order valence-electron chi connectivity index (χ1n) is 8.07. The van der Waals surface area contributed by atoms with Crippen molar-refractivity contribution >= 4 is 0 Å². The van der Waals surface area contributed by atoms with Crippen LogP contribution in [0.3, 0.4) is 0 Å². The Labute approximate surface area is 133 Å². The van der Waals surface area contributed by atoms with Gasteiger partial charge < -0.3 is 15.2 Å². The van der Waals surface area contributed by atoms with Crippen LogP contribution >= 0.6 is 0 Å². The Morgan fingerprint density at radius 3 is 2.68 bits per heavy atom. The van der Waals surface area contributed by atoms with Gasteiger partial charge in [-0.25, -0.2) is 4.39 Å². The van der Waals surface area contributed by atoms with E-state index in [4.69, 9.17) is 9.47 Å². The maximum Gasteiger partial charge on any atom is 0.126 e. The summed E-state index contributed by atoms with van der Waals surface area (Å²) >= 11 is 0. The minimum atomic E-state index is -0.229. The first kappa shape index (κ1) is 18.9. The van der Waals surface area contributed by atoms with Gasteiger partial charge in [0.05, 0.1) is 12.7 Å². The molecule has 2 heterocycles. The second kappa shape index (κ2) is 9.77. The van der Waals surface area contributed by atoms with Gasteiger partial charge in [0.1, 0.15) is 18.2 Å². The number of nitrogens with zero attached hydrogens (tertiary/aromatic N) is 1. The average Bonchev–Trinajstić information content (AvgIpc) is 2.58. The van der Waals surface area contributed by atoms with Gasteiger partial charge in [-0.1, -0.05) is 19.9 Å². The Bertz CT molecular complexity index is 443. The summed E-state index contributed by atoms with van der Waals surface area (Å²) in [6.07, 6.45) is 1.22. The summed E-state index contributed by atoms with van der Waals surface area (Å²) in [5.74, 6) is 0.472. The van der Waals surface area contributed by atoms with Crippen molar-refractivity contribution in [1.82, 2.24) is 4.90 Å². The van der Waals surface area contributed by atoms with E-state index in [1.165, 1.54) is 19.2 Å². The van der Waals surface area contributed by atoms with Gasteiger partial charge in [-0.3, -0.25) is 4.90 Å². The summed E-state index contributed by atoms with van der Waals surface area (Å²) in [5.41, 5.74) is 5.60. The van der Waals surface area contributed by atoms with E-state index in [1.54, 1.807) is 0 Å². The predicted molar refractivity (Wildman–Crippen MR) is 87.8 cm³/mol. The number of rotatable bonds is 1. The van der Waals surface area contributed by atoms with Crippen LogP contribution in [0.25, 0.3) is 0 Å². The molecule has 1 saturated heterocycles. The van der Waals surface area contributed by atoms with E-state index in [-0.39, 0.29) is 11.9 Å². The fourth-order valence-electron chi connectivity index (χ4n) is 2.74. The molecular weight excluding hydrogens is 283 g/mol. The highest BCUT2D eigenvalue weighted by atomic mass is 19.1. The molecule has 1 unspecified atom stereocenters. The first-order chi connectivity index (χ1) is 10.7. The SMILES string of the molecule is CC.CN.C[C@@H]1CN(C2COc3cc(F)ccc3C2)CCO1. The Morgan fingerprint density at radius 2 is 2.00 bits per heavy atom. The Hall–Kier alpha value is -1.17. The molecule has 2 aliphatic rings. The molecular formula is C17H29FN2O2. The van der Waals surface area contributed by atoms with Gasteiger partial charge in [0.15, 0.2) is 0 Å². The number of fused-ring (bicyclic) bond motifs is 1. The van der Waals surface area contributed by atoms with E-state index < -0.39 is 0 Å². The molecule has 22 heavy (non-hydrogen) atoms. The van der Waals surface area contributed by atoms with E-state index in [0.29, 0.717) is 18.4 Å². The smallest absolute Gasteiger partial charge is 0.126 e. The van der Waals surface area contributed by atoms with Crippen LogP contribution in [0.2, 0.25) is 0 Å². The summed E-state index contributed by atoms with van der Waals surface area (Å²) in [5, 5.41) is 0. The first-order valence-corrected chi connectivity index (χ1v) is 8.07. The quantitative estimate of drug-likeness (QED) is 0.865. The lowest BCUT2D eigenvalue weighted by Gasteiger charge is -2.39. The second-order valence-corrected chi connectivity index (χ2v) is 5.10. The van der Waals surface area contributed by atoms with Crippen molar-refractivity contribution in [2.24, 2.45) is 5.73 Å². The van der Waals surface area contributed by atoms with Crippen LogP contribution < -0.4 is 10.5 Å². The van der Waals surface area contributed by atoms with Crippen molar-refractivity contribution in [1.29, 1.82) is 0 Å². The van der Waals surface area contributed by atoms with E-state index >= 15 is 0 Å². The minimum absolute atomic E-state index is 0.229. The largest absolute Gasteiger partial charge is 0.492 e. The molecule has 2 atom stereocenters. The van der Waals surface area contributed by atoms with Crippen molar-refractivity contribution in [2.75, 3.05) is 33.4 Å². The molecule has 2 aliphatic heterocycles. The van der Waals surface area contributed by atoms with Crippen LogP contribution in [-0.2, 0) is 11.2 Å². The van der Waals surface area contributed by atoms with Crippen molar-refractivity contribution in [3.63, 3.8) is 0 Å². The van der Waals surface area contributed by atoms with Gasteiger partial charge in [-0.05, 0) is 32.0 Å². The summed E-state index contributed by atoms with van der Waals surface area (Å²) in [7, 11) is 1.50. The van der Waals surface area contributed by atoms with Crippen molar-refractivity contribution in [3.05, 3.63) is 29.6 Å². The molecule has 1 fully saturated rings. The van der Waals surface area contributed by atoms with Crippen LogP contribution in [0, 0.1) is 5.82 Å². The van der Waals surface area contributed by atoms with Crippen molar-refractivity contribution in [2.45, 2.75) is 39.3 Å². The molecule has 4 nitrogen and oxygen atoms in total. The standard InChI is InChI=1S/C14H18FNO2.C2H6.CH5N/c1-10-8-16(4-5-17-10)13-6-11-2-3-12(15)7-14(11)18-9-13;2*1-2/h2-3,7,10,13H,4-6,8-9H2,1H3;1-2H3;2H2,1H3/t10-,13?;;/m1../s1. The van der Waals surface area contributed by atoms with E-state index in [1.807, 2.05) is 19.9 Å². The molecule has 5 heteroatoms. The molecule has 0 aliphatic carbocycles. The Balaban J connectivity index is 0.000000561. The highest BCUT2D eigenvalue weighted by molar-refractivity contribution is 5.36. The zero-order chi connectivity index (χ0) is 16.5. The van der Waals surface area contributed by atoms with Crippen LogP contribution in [0.15, 0.2) is 18.2 Å². The fraction of sp³-hybridized carbons (Fsp3) is 0.647. The predicted octanol–water partition coefficient (Wildman–Crippen LogP) is 2.45.